The Morgan fingerprint density at radius 1 is 0.466 bits per heavy atom. The topological polar surface area (TPSA) is 141 Å². The number of ether oxygens (including phenoxy) is 6. The summed E-state index contributed by atoms with van der Waals surface area (Å²) in [6.07, 6.45) is 14.7. The van der Waals surface area contributed by atoms with Crippen LogP contribution < -0.4 is 28.4 Å². The van der Waals surface area contributed by atoms with Crippen molar-refractivity contribution in [1.82, 2.24) is 19.9 Å². The summed E-state index contributed by atoms with van der Waals surface area (Å²) in [7, 11) is 9.45. The molecule has 0 N–H and O–H groups in total. The van der Waals surface area contributed by atoms with E-state index in [1.54, 1.807) is 79.8 Å². The molecule has 2 aliphatic carbocycles. The molecule has 8 rings (SSSR count). The highest BCUT2D eigenvalue weighted by Crippen LogP contribution is 2.44. The molecule has 0 spiro atoms. The molecule has 0 fully saturated rings. The fourth-order valence-corrected chi connectivity index (χ4v) is 6.91. The quantitative estimate of drug-likeness (QED) is 0.126. The van der Waals surface area contributed by atoms with Gasteiger partial charge in [0, 0.05) is 70.6 Å². The van der Waals surface area contributed by atoms with Gasteiger partial charge in [0.25, 0.3) is 0 Å². The van der Waals surface area contributed by atoms with Gasteiger partial charge in [0.05, 0.1) is 66.9 Å². The maximum absolute atomic E-state index is 12.6. The van der Waals surface area contributed by atoms with Gasteiger partial charge in [-0.15, -0.1) is 0 Å². The van der Waals surface area contributed by atoms with E-state index in [9.17, 15) is 9.59 Å². The summed E-state index contributed by atoms with van der Waals surface area (Å²) < 4.78 is 32.6. The first kappa shape index (κ1) is 38.9. The van der Waals surface area contributed by atoms with Crippen molar-refractivity contribution in [3.63, 3.8) is 0 Å². The molecule has 4 aromatic heterocycles. The second-order valence-electron chi connectivity index (χ2n) is 13.1. The molecule has 0 unspecified atom stereocenters. The van der Waals surface area contributed by atoms with Crippen LogP contribution in [0.3, 0.4) is 0 Å². The summed E-state index contributed by atoms with van der Waals surface area (Å²) in [5, 5.41) is 0. The average molecular weight is 777 g/mol. The molecule has 4 heterocycles. The Balaban J connectivity index is 0.000000177. The van der Waals surface area contributed by atoms with Gasteiger partial charge < -0.3 is 28.4 Å². The van der Waals surface area contributed by atoms with Gasteiger partial charge in [0.15, 0.2) is 34.6 Å². The summed E-state index contributed by atoms with van der Waals surface area (Å²) in [5.74, 6) is 3.43. The van der Waals surface area contributed by atoms with Crippen molar-refractivity contribution in [1.29, 1.82) is 0 Å². The van der Waals surface area contributed by atoms with Crippen LogP contribution in [0, 0.1) is 0 Å². The van der Waals surface area contributed by atoms with Crippen LogP contribution in [0.4, 0.5) is 0 Å². The first-order valence-electron chi connectivity index (χ1n) is 18.2. The van der Waals surface area contributed by atoms with Gasteiger partial charge in [-0.25, -0.2) is 0 Å². The number of rotatable bonds is 10. The van der Waals surface area contributed by atoms with Crippen LogP contribution in [-0.2, 0) is 22.4 Å². The minimum Gasteiger partial charge on any atom is -0.493 e. The number of fused-ring (bicyclic) bond motifs is 2. The SMILES string of the molecule is COc1cc(-c2cnc3c(c2)/C(=C/c2ccncc2)C(=O)C3)cc(OC)c1OC.COc1cc(-c2cnc3c(c2)/C(=C\c2ccncc2)C(=O)C3)cc(OC)c1OC. The number of ketones is 2. The number of Topliss-reactive ketones (excluding diaryl/α,β-unsaturated/α-hetero) is 2. The van der Waals surface area contributed by atoms with Crippen molar-refractivity contribution in [2.75, 3.05) is 42.7 Å². The van der Waals surface area contributed by atoms with Crippen molar-refractivity contribution in [2.45, 2.75) is 12.8 Å². The summed E-state index contributed by atoms with van der Waals surface area (Å²) >= 11 is 0. The van der Waals surface area contributed by atoms with Gasteiger partial charge in [-0.3, -0.25) is 29.5 Å². The lowest BCUT2D eigenvalue weighted by molar-refractivity contribution is -0.113. The highest BCUT2D eigenvalue weighted by atomic mass is 16.5. The first-order valence-corrected chi connectivity index (χ1v) is 18.2. The number of hydrogen-bond acceptors (Lipinski definition) is 12. The van der Waals surface area contributed by atoms with E-state index in [1.165, 1.54) is 0 Å². The van der Waals surface area contributed by atoms with Crippen molar-refractivity contribution >= 4 is 34.9 Å². The first-order chi connectivity index (χ1) is 28.3. The third-order valence-electron chi connectivity index (χ3n) is 9.81. The standard InChI is InChI=1S/2C23H20N2O4/c2*1-27-21-10-15(11-22(28-2)23(21)29-3)16-9-17-18(8-14-4-6-24-7-5-14)20(26)12-19(17)25-13-16/h2*4-11,13H,12H2,1-3H3/b18-8+;18-8-. The third-order valence-corrected chi connectivity index (χ3v) is 9.81. The molecule has 12 nitrogen and oxygen atoms in total. The van der Waals surface area contributed by atoms with Gasteiger partial charge in [-0.05, 0) is 95.1 Å². The molecule has 0 aliphatic heterocycles. The van der Waals surface area contributed by atoms with E-state index in [0.29, 0.717) is 58.5 Å². The maximum atomic E-state index is 12.6. The minimum atomic E-state index is 0.0614. The molecule has 2 aromatic carbocycles. The molecule has 12 heteroatoms. The number of aromatic nitrogens is 4. The van der Waals surface area contributed by atoms with Crippen LogP contribution >= 0.6 is 0 Å². The molecular formula is C46H40N4O8. The van der Waals surface area contributed by atoms with E-state index in [1.807, 2.05) is 72.8 Å². The number of methoxy groups -OCH3 is 6. The zero-order chi connectivity index (χ0) is 40.8. The van der Waals surface area contributed by atoms with Crippen LogP contribution in [0.5, 0.6) is 34.5 Å². The van der Waals surface area contributed by atoms with Crippen LogP contribution in [0.2, 0.25) is 0 Å². The zero-order valence-electron chi connectivity index (χ0n) is 32.9. The van der Waals surface area contributed by atoms with Crippen molar-refractivity contribution < 1.29 is 38.0 Å². The van der Waals surface area contributed by atoms with Gasteiger partial charge in [-0.2, -0.15) is 0 Å². The van der Waals surface area contributed by atoms with Gasteiger partial charge in [0.2, 0.25) is 11.5 Å². The number of nitrogens with zero attached hydrogens (tertiary/aromatic N) is 4. The molecule has 0 atom stereocenters. The summed E-state index contributed by atoms with van der Waals surface area (Å²) in [4.78, 5) is 42.3. The van der Waals surface area contributed by atoms with E-state index in [-0.39, 0.29) is 11.6 Å². The molecule has 6 aromatic rings. The van der Waals surface area contributed by atoms with Crippen LogP contribution in [-0.4, -0.2) is 74.2 Å². The number of allylic oxidation sites excluding steroid dienone is 2. The van der Waals surface area contributed by atoms with Crippen LogP contribution in [0.1, 0.15) is 33.6 Å². The van der Waals surface area contributed by atoms with Crippen LogP contribution in [0.25, 0.3) is 45.6 Å². The molecule has 0 amide bonds. The monoisotopic (exact) mass is 776 g/mol. The van der Waals surface area contributed by atoms with Crippen molar-refractivity contribution in [2.24, 2.45) is 0 Å². The molecule has 0 radical (unpaired) electrons. The predicted octanol–water partition coefficient (Wildman–Crippen LogP) is 7.67. The largest absolute Gasteiger partial charge is 0.493 e. The Kier molecular flexibility index (Phi) is 11.5. The van der Waals surface area contributed by atoms with E-state index >= 15 is 0 Å². The molecule has 2 aliphatic rings. The molecule has 58 heavy (non-hydrogen) atoms. The lowest BCUT2D eigenvalue weighted by atomic mass is 10.0. The molecular weight excluding hydrogens is 737 g/mol. The number of carbonyl (C=O) groups excluding carboxylic acids is 2. The van der Waals surface area contributed by atoms with Crippen LogP contribution in [0.15, 0.2) is 97.8 Å². The second kappa shape index (κ2) is 17.2. The fourth-order valence-electron chi connectivity index (χ4n) is 6.91. The molecule has 0 saturated carbocycles. The lowest BCUT2D eigenvalue weighted by Gasteiger charge is -2.14. The van der Waals surface area contributed by atoms with E-state index in [2.05, 4.69) is 19.9 Å². The normalized spacial score (nSPS) is 14.0. The van der Waals surface area contributed by atoms with E-state index < -0.39 is 0 Å². The summed E-state index contributed by atoms with van der Waals surface area (Å²) in [6.45, 7) is 0. The number of benzene rings is 2. The number of pyridine rings is 4. The second-order valence-corrected chi connectivity index (χ2v) is 13.1. The van der Waals surface area contributed by atoms with Gasteiger partial charge in [-0.1, -0.05) is 0 Å². The minimum absolute atomic E-state index is 0.0614. The highest BCUT2D eigenvalue weighted by molar-refractivity contribution is 6.30. The Bertz CT molecular complexity index is 2340. The number of hydrogen-bond donors (Lipinski definition) is 0. The van der Waals surface area contributed by atoms with E-state index in [0.717, 1.165) is 55.9 Å². The fraction of sp³-hybridized carbons (Fsp3) is 0.174. The zero-order valence-corrected chi connectivity index (χ0v) is 32.9. The predicted molar refractivity (Wildman–Crippen MR) is 220 cm³/mol. The van der Waals surface area contributed by atoms with Crippen molar-refractivity contribution in [3.8, 4) is 56.8 Å². The Labute approximate surface area is 335 Å². The average Bonchev–Trinajstić information content (AvgIpc) is 3.75. The number of carbonyl (C=O) groups is 2. The summed E-state index contributed by atoms with van der Waals surface area (Å²) in [6, 6.07) is 18.9. The van der Waals surface area contributed by atoms with E-state index in [4.69, 9.17) is 28.4 Å². The molecule has 0 saturated heterocycles. The highest BCUT2D eigenvalue weighted by Gasteiger charge is 2.28. The Morgan fingerprint density at radius 3 is 1.12 bits per heavy atom. The third kappa shape index (κ3) is 7.85. The Hall–Kier alpha value is -7.34. The van der Waals surface area contributed by atoms with Gasteiger partial charge in [0.1, 0.15) is 0 Å². The Morgan fingerprint density at radius 2 is 0.810 bits per heavy atom. The lowest BCUT2D eigenvalue weighted by Crippen LogP contribution is -1.96. The smallest absolute Gasteiger partial charge is 0.203 e. The molecule has 292 valence electrons. The summed E-state index contributed by atoms with van der Waals surface area (Å²) in [5.41, 5.74) is 9.87. The van der Waals surface area contributed by atoms with Gasteiger partial charge >= 0.3 is 0 Å². The maximum Gasteiger partial charge on any atom is 0.203 e. The van der Waals surface area contributed by atoms with Crippen molar-refractivity contribution in [3.05, 3.63) is 131 Å². The molecule has 0 bridgehead atoms.